The fourth-order valence-electron chi connectivity index (χ4n) is 1.66. The van der Waals surface area contributed by atoms with E-state index in [-0.39, 0.29) is 23.3 Å². The molecule has 0 saturated heterocycles. The fraction of sp³-hybridized carbons (Fsp3) is 0.333. The van der Waals surface area contributed by atoms with Crippen molar-refractivity contribution in [1.82, 2.24) is 4.98 Å². The lowest BCUT2D eigenvalue weighted by molar-refractivity contribution is 0.0691. The zero-order valence-corrected chi connectivity index (χ0v) is 12.0. The number of carboxylic acids is 1. The van der Waals surface area contributed by atoms with Gasteiger partial charge in [0.15, 0.2) is 6.61 Å². The minimum Gasteiger partial charge on any atom is -0.483 e. The average Bonchev–Trinajstić information content (AvgIpc) is 2.84. The summed E-state index contributed by atoms with van der Waals surface area (Å²) in [6, 6.07) is 3.25. The van der Waals surface area contributed by atoms with Crippen LogP contribution in [0.5, 0.6) is 5.75 Å². The van der Waals surface area contributed by atoms with Crippen LogP contribution >= 0.6 is 0 Å². The van der Waals surface area contributed by atoms with Gasteiger partial charge in [0, 0.05) is 11.5 Å². The predicted octanol–water partition coefficient (Wildman–Crippen LogP) is 3.39. The van der Waals surface area contributed by atoms with Gasteiger partial charge in [0.05, 0.1) is 6.20 Å². The molecule has 0 radical (unpaired) electrons. The zero-order valence-electron chi connectivity index (χ0n) is 12.0. The number of hydrogen-bond acceptors (Lipinski definition) is 4. The molecule has 2 aromatic rings. The van der Waals surface area contributed by atoms with Crippen LogP contribution < -0.4 is 4.74 Å². The van der Waals surface area contributed by atoms with Gasteiger partial charge in [-0.05, 0) is 12.1 Å². The van der Waals surface area contributed by atoms with E-state index in [1.165, 1.54) is 0 Å². The van der Waals surface area contributed by atoms with Crippen LogP contribution in [0.1, 0.15) is 42.8 Å². The molecule has 0 aliphatic rings. The summed E-state index contributed by atoms with van der Waals surface area (Å²) in [6.45, 7) is 5.87. The molecule has 112 valence electrons. The molecule has 1 N–H and O–H groups in total. The Morgan fingerprint density at radius 1 is 1.43 bits per heavy atom. The maximum Gasteiger partial charge on any atom is 0.339 e. The zero-order chi connectivity index (χ0) is 15.6. The molecule has 0 fully saturated rings. The summed E-state index contributed by atoms with van der Waals surface area (Å²) in [5.41, 5.74) is -0.296. The van der Waals surface area contributed by atoms with Crippen LogP contribution in [0.3, 0.4) is 0 Å². The molecule has 0 spiro atoms. The number of aromatic carboxylic acids is 1. The number of aromatic nitrogens is 1. The number of carboxylic acid groups (broad SMARTS) is 1. The summed E-state index contributed by atoms with van der Waals surface area (Å²) in [7, 11) is 0. The van der Waals surface area contributed by atoms with E-state index < -0.39 is 11.8 Å². The summed E-state index contributed by atoms with van der Waals surface area (Å²) in [5, 5.41) is 9.02. The third kappa shape index (κ3) is 3.59. The van der Waals surface area contributed by atoms with Crippen molar-refractivity contribution in [2.24, 2.45) is 0 Å². The Kier molecular flexibility index (Phi) is 3.97. The average molecular weight is 293 g/mol. The first-order chi connectivity index (χ1) is 9.77. The summed E-state index contributed by atoms with van der Waals surface area (Å²) >= 11 is 0. The van der Waals surface area contributed by atoms with E-state index in [2.05, 4.69) is 4.98 Å². The largest absolute Gasteiger partial charge is 0.483 e. The molecule has 21 heavy (non-hydrogen) atoms. The van der Waals surface area contributed by atoms with Crippen molar-refractivity contribution in [2.75, 3.05) is 0 Å². The Hall–Kier alpha value is -2.37. The van der Waals surface area contributed by atoms with E-state index in [1.807, 2.05) is 20.8 Å². The monoisotopic (exact) mass is 293 g/mol. The number of benzene rings is 1. The van der Waals surface area contributed by atoms with Crippen molar-refractivity contribution in [3.63, 3.8) is 0 Å². The second kappa shape index (κ2) is 5.55. The Balaban J connectivity index is 2.15. The summed E-state index contributed by atoms with van der Waals surface area (Å²) < 4.78 is 24.0. The van der Waals surface area contributed by atoms with Crippen LogP contribution in [0.25, 0.3) is 0 Å². The van der Waals surface area contributed by atoms with E-state index in [0.717, 1.165) is 18.2 Å². The highest BCUT2D eigenvalue weighted by Gasteiger charge is 2.20. The normalized spacial score (nSPS) is 11.4. The second-order valence-corrected chi connectivity index (χ2v) is 5.60. The van der Waals surface area contributed by atoms with E-state index >= 15 is 0 Å². The lowest BCUT2D eigenvalue weighted by atomic mass is 9.94. The molecule has 0 saturated carbocycles. The number of hydrogen-bond donors (Lipinski definition) is 1. The molecular weight excluding hydrogens is 277 g/mol. The van der Waals surface area contributed by atoms with Gasteiger partial charge < -0.3 is 14.3 Å². The van der Waals surface area contributed by atoms with Crippen molar-refractivity contribution < 1.29 is 23.4 Å². The Labute approximate surface area is 121 Å². The quantitative estimate of drug-likeness (QED) is 0.935. The molecule has 6 heteroatoms. The Morgan fingerprint density at radius 2 is 2.14 bits per heavy atom. The summed E-state index contributed by atoms with van der Waals surface area (Å²) in [4.78, 5) is 15.1. The first kappa shape index (κ1) is 15.0. The summed E-state index contributed by atoms with van der Waals surface area (Å²) in [5.74, 6) is -0.817. The topological polar surface area (TPSA) is 72.6 Å². The van der Waals surface area contributed by atoms with Crippen molar-refractivity contribution in [3.8, 4) is 5.75 Å². The standard InChI is InChI=1S/C15H16FNO4/c1-15(2,3)12-7-17-13(21-12)8-20-11-6-9(16)4-5-10(11)14(18)19/h4-7H,8H2,1-3H3,(H,18,19). The highest BCUT2D eigenvalue weighted by Crippen LogP contribution is 2.24. The van der Waals surface area contributed by atoms with Gasteiger partial charge >= 0.3 is 5.97 Å². The van der Waals surface area contributed by atoms with Crippen LogP contribution in [0.4, 0.5) is 4.39 Å². The smallest absolute Gasteiger partial charge is 0.339 e. The summed E-state index contributed by atoms with van der Waals surface area (Å²) in [6.07, 6.45) is 1.60. The third-order valence-corrected chi connectivity index (χ3v) is 2.82. The predicted molar refractivity (Wildman–Crippen MR) is 72.9 cm³/mol. The molecule has 1 aromatic heterocycles. The van der Waals surface area contributed by atoms with Gasteiger partial charge in [0.2, 0.25) is 5.89 Å². The number of halogens is 1. The van der Waals surface area contributed by atoms with Gasteiger partial charge in [0.1, 0.15) is 22.9 Å². The minimum absolute atomic E-state index is 0.0574. The molecule has 2 rings (SSSR count). The maximum atomic E-state index is 13.2. The lowest BCUT2D eigenvalue weighted by Crippen LogP contribution is -2.09. The van der Waals surface area contributed by atoms with Gasteiger partial charge in [-0.2, -0.15) is 0 Å². The fourth-order valence-corrected chi connectivity index (χ4v) is 1.66. The number of nitrogens with zero attached hydrogens (tertiary/aromatic N) is 1. The SMILES string of the molecule is CC(C)(C)c1cnc(COc2cc(F)ccc2C(=O)O)o1. The maximum absolute atomic E-state index is 13.2. The molecule has 1 aromatic carbocycles. The third-order valence-electron chi connectivity index (χ3n) is 2.82. The molecular formula is C15H16FNO4. The first-order valence-corrected chi connectivity index (χ1v) is 6.38. The molecule has 0 atom stereocenters. The molecule has 5 nitrogen and oxygen atoms in total. The van der Waals surface area contributed by atoms with Crippen molar-refractivity contribution >= 4 is 5.97 Å². The van der Waals surface area contributed by atoms with Crippen LogP contribution in [0, 0.1) is 5.82 Å². The van der Waals surface area contributed by atoms with Crippen LogP contribution in [-0.4, -0.2) is 16.1 Å². The minimum atomic E-state index is -1.19. The molecule has 0 bridgehead atoms. The molecule has 0 aliphatic heterocycles. The number of oxazole rings is 1. The molecule has 0 aliphatic carbocycles. The number of ether oxygens (including phenoxy) is 1. The van der Waals surface area contributed by atoms with Crippen LogP contribution in [0.2, 0.25) is 0 Å². The van der Waals surface area contributed by atoms with Crippen molar-refractivity contribution in [1.29, 1.82) is 0 Å². The molecule has 0 amide bonds. The van der Waals surface area contributed by atoms with Gasteiger partial charge in [-0.25, -0.2) is 14.2 Å². The molecule has 0 unspecified atom stereocenters. The van der Waals surface area contributed by atoms with E-state index in [4.69, 9.17) is 14.3 Å². The van der Waals surface area contributed by atoms with E-state index in [1.54, 1.807) is 6.20 Å². The lowest BCUT2D eigenvalue weighted by Gasteiger charge is -2.13. The van der Waals surface area contributed by atoms with Crippen molar-refractivity contribution in [3.05, 3.63) is 47.4 Å². The first-order valence-electron chi connectivity index (χ1n) is 6.38. The second-order valence-electron chi connectivity index (χ2n) is 5.60. The Bertz CT molecular complexity index is 658. The van der Waals surface area contributed by atoms with E-state index in [0.29, 0.717) is 11.7 Å². The number of carbonyl (C=O) groups is 1. The van der Waals surface area contributed by atoms with Crippen LogP contribution in [0.15, 0.2) is 28.8 Å². The Morgan fingerprint density at radius 3 is 2.71 bits per heavy atom. The molecule has 1 heterocycles. The van der Waals surface area contributed by atoms with Crippen molar-refractivity contribution in [2.45, 2.75) is 32.8 Å². The van der Waals surface area contributed by atoms with Gasteiger partial charge in [-0.15, -0.1) is 0 Å². The van der Waals surface area contributed by atoms with Gasteiger partial charge in [-0.3, -0.25) is 0 Å². The van der Waals surface area contributed by atoms with Gasteiger partial charge in [0.25, 0.3) is 0 Å². The van der Waals surface area contributed by atoms with E-state index in [9.17, 15) is 9.18 Å². The van der Waals surface area contributed by atoms with Gasteiger partial charge in [-0.1, -0.05) is 20.8 Å². The van der Waals surface area contributed by atoms with Crippen LogP contribution in [-0.2, 0) is 12.0 Å². The highest BCUT2D eigenvalue weighted by molar-refractivity contribution is 5.90. The highest BCUT2D eigenvalue weighted by atomic mass is 19.1. The number of rotatable bonds is 4.